The van der Waals surface area contributed by atoms with Gasteiger partial charge in [-0.05, 0) is 11.0 Å². The van der Waals surface area contributed by atoms with Crippen LogP contribution in [0.2, 0.25) is 0 Å². The van der Waals surface area contributed by atoms with Gasteiger partial charge in [0.05, 0.1) is 26.4 Å². The van der Waals surface area contributed by atoms with Crippen LogP contribution in [0.25, 0.3) is 0 Å². The second kappa shape index (κ2) is 8.37. The van der Waals surface area contributed by atoms with Gasteiger partial charge in [0.15, 0.2) is 0 Å². The number of aliphatic hydroxyl groups excluding tert-OH is 2. The Morgan fingerprint density at radius 3 is 2.35 bits per heavy atom. The Morgan fingerprint density at radius 2 is 1.80 bits per heavy atom. The van der Waals surface area contributed by atoms with E-state index in [1.165, 1.54) is 0 Å². The number of ether oxygens (including phenoxy) is 2. The fourth-order valence-corrected chi connectivity index (χ4v) is 1.61. The van der Waals surface area contributed by atoms with E-state index in [-0.39, 0.29) is 18.6 Å². The second-order valence-corrected chi connectivity index (χ2v) is 6.16. The second-order valence-electron chi connectivity index (χ2n) is 6.16. The predicted molar refractivity (Wildman–Crippen MR) is 78.4 cm³/mol. The van der Waals surface area contributed by atoms with E-state index >= 15 is 0 Å². The summed E-state index contributed by atoms with van der Waals surface area (Å²) in [6.07, 6.45) is -1.43. The molecule has 1 aromatic carbocycles. The van der Waals surface area contributed by atoms with E-state index in [0.717, 1.165) is 5.56 Å². The molecule has 0 fully saturated rings. The van der Waals surface area contributed by atoms with Crippen molar-refractivity contribution in [1.82, 2.24) is 0 Å². The summed E-state index contributed by atoms with van der Waals surface area (Å²) >= 11 is 0. The van der Waals surface area contributed by atoms with Crippen LogP contribution in [0.3, 0.4) is 0 Å². The molecule has 0 heterocycles. The van der Waals surface area contributed by atoms with Gasteiger partial charge < -0.3 is 19.7 Å². The third-order valence-corrected chi connectivity index (χ3v) is 2.74. The third-order valence-electron chi connectivity index (χ3n) is 2.74. The highest BCUT2D eigenvalue weighted by atomic mass is 16.5. The molecule has 1 rings (SSSR count). The first-order chi connectivity index (χ1) is 9.42. The van der Waals surface area contributed by atoms with Crippen molar-refractivity contribution < 1.29 is 19.7 Å². The van der Waals surface area contributed by atoms with Crippen LogP contribution < -0.4 is 0 Å². The van der Waals surface area contributed by atoms with Crippen LogP contribution in [-0.4, -0.2) is 42.2 Å². The quantitative estimate of drug-likeness (QED) is 0.765. The lowest BCUT2D eigenvalue weighted by molar-refractivity contribution is -0.110. The lowest BCUT2D eigenvalue weighted by Gasteiger charge is -2.26. The molecule has 2 N–H and O–H groups in total. The van der Waals surface area contributed by atoms with Crippen LogP contribution in [0.4, 0.5) is 0 Å². The van der Waals surface area contributed by atoms with E-state index in [2.05, 4.69) is 20.8 Å². The third kappa shape index (κ3) is 7.01. The molecule has 0 aliphatic heterocycles. The molecule has 0 radical (unpaired) electrons. The minimum atomic E-state index is -0.923. The van der Waals surface area contributed by atoms with Crippen molar-refractivity contribution >= 4 is 0 Å². The summed E-state index contributed by atoms with van der Waals surface area (Å²) in [5, 5.41) is 18.8. The molecule has 0 bridgehead atoms. The van der Waals surface area contributed by atoms with Crippen LogP contribution >= 0.6 is 0 Å². The first-order valence-electron chi connectivity index (χ1n) is 6.94. The van der Waals surface area contributed by atoms with Gasteiger partial charge in [0, 0.05) is 0 Å². The van der Waals surface area contributed by atoms with Crippen LogP contribution in [0.15, 0.2) is 30.3 Å². The lowest BCUT2D eigenvalue weighted by atomic mass is 9.98. The molecule has 0 aliphatic carbocycles. The molecule has 0 spiro atoms. The minimum Gasteiger partial charge on any atom is -0.394 e. The molecule has 0 saturated carbocycles. The van der Waals surface area contributed by atoms with Crippen LogP contribution in [-0.2, 0) is 16.1 Å². The summed E-state index contributed by atoms with van der Waals surface area (Å²) in [6, 6.07) is 9.82. The van der Waals surface area contributed by atoms with Crippen molar-refractivity contribution in [3.8, 4) is 0 Å². The Labute approximate surface area is 121 Å². The standard InChI is InChI=1S/C16H26O4/c1-16(2,3)12-20-15(14(18)9-17)11-19-10-13-7-5-4-6-8-13/h4-8,14-15,17-18H,9-12H2,1-3H3. The summed E-state index contributed by atoms with van der Waals surface area (Å²) in [5.74, 6) is 0. The van der Waals surface area contributed by atoms with E-state index in [4.69, 9.17) is 14.6 Å². The average molecular weight is 282 g/mol. The van der Waals surface area contributed by atoms with Gasteiger partial charge in [0.1, 0.15) is 12.2 Å². The lowest BCUT2D eigenvalue weighted by Crippen LogP contribution is -2.38. The Balaban J connectivity index is 2.40. The monoisotopic (exact) mass is 282 g/mol. The Kier molecular flexibility index (Phi) is 7.16. The van der Waals surface area contributed by atoms with Gasteiger partial charge >= 0.3 is 0 Å². The molecule has 0 aromatic heterocycles. The highest BCUT2D eigenvalue weighted by Gasteiger charge is 2.22. The zero-order valence-electron chi connectivity index (χ0n) is 12.6. The van der Waals surface area contributed by atoms with E-state index < -0.39 is 12.2 Å². The summed E-state index contributed by atoms with van der Waals surface area (Å²) in [5.41, 5.74) is 1.08. The van der Waals surface area contributed by atoms with Crippen molar-refractivity contribution in [2.45, 2.75) is 39.6 Å². The van der Waals surface area contributed by atoms with Crippen molar-refractivity contribution in [3.63, 3.8) is 0 Å². The van der Waals surface area contributed by atoms with Gasteiger partial charge in [-0.3, -0.25) is 0 Å². The average Bonchev–Trinajstić information content (AvgIpc) is 2.42. The normalized spacial score (nSPS) is 15.1. The van der Waals surface area contributed by atoms with Crippen molar-refractivity contribution in [2.75, 3.05) is 19.8 Å². The van der Waals surface area contributed by atoms with Gasteiger partial charge in [0.25, 0.3) is 0 Å². The molecule has 4 nitrogen and oxygen atoms in total. The first kappa shape index (κ1) is 17.1. The topological polar surface area (TPSA) is 58.9 Å². The minimum absolute atomic E-state index is 0.00680. The molecular weight excluding hydrogens is 256 g/mol. The van der Waals surface area contributed by atoms with Crippen LogP contribution in [0, 0.1) is 5.41 Å². The summed E-state index contributed by atoms with van der Waals surface area (Å²) < 4.78 is 11.2. The maximum Gasteiger partial charge on any atom is 0.109 e. The predicted octanol–water partition coefficient (Wildman–Crippen LogP) is 1.99. The zero-order chi connectivity index (χ0) is 15.0. The number of hydrogen-bond acceptors (Lipinski definition) is 4. The van der Waals surface area contributed by atoms with E-state index in [1.54, 1.807) is 0 Å². The molecule has 1 aromatic rings. The molecule has 0 saturated heterocycles. The van der Waals surface area contributed by atoms with Gasteiger partial charge in [-0.15, -0.1) is 0 Å². The number of hydrogen-bond donors (Lipinski definition) is 2. The van der Waals surface area contributed by atoms with Crippen molar-refractivity contribution in [1.29, 1.82) is 0 Å². The fraction of sp³-hybridized carbons (Fsp3) is 0.625. The fourth-order valence-electron chi connectivity index (χ4n) is 1.61. The number of rotatable bonds is 8. The van der Waals surface area contributed by atoms with Crippen molar-refractivity contribution in [3.05, 3.63) is 35.9 Å². The molecule has 4 heteroatoms. The largest absolute Gasteiger partial charge is 0.394 e. The maximum atomic E-state index is 9.76. The van der Waals surface area contributed by atoms with Crippen LogP contribution in [0.1, 0.15) is 26.3 Å². The van der Waals surface area contributed by atoms with E-state index in [0.29, 0.717) is 13.2 Å². The molecule has 0 aliphatic rings. The Hall–Kier alpha value is -0.940. The van der Waals surface area contributed by atoms with E-state index in [9.17, 15) is 5.11 Å². The molecule has 2 atom stereocenters. The summed E-state index contributed by atoms with van der Waals surface area (Å²) in [7, 11) is 0. The van der Waals surface area contributed by atoms with Gasteiger partial charge in [-0.25, -0.2) is 0 Å². The highest BCUT2D eigenvalue weighted by molar-refractivity contribution is 5.13. The smallest absolute Gasteiger partial charge is 0.109 e. The summed E-state index contributed by atoms with van der Waals surface area (Å²) in [4.78, 5) is 0. The molecular formula is C16H26O4. The van der Waals surface area contributed by atoms with Gasteiger partial charge in [0.2, 0.25) is 0 Å². The molecule has 2 unspecified atom stereocenters. The number of aliphatic hydroxyl groups is 2. The zero-order valence-corrected chi connectivity index (χ0v) is 12.6. The van der Waals surface area contributed by atoms with Crippen LogP contribution in [0.5, 0.6) is 0 Å². The first-order valence-corrected chi connectivity index (χ1v) is 6.94. The Morgan fingerprint density at radius 1 is 1.15 bits per heavy atom. The number of benzene rings is 1. The highest BCUT2D eigenvalue weighted by Crippen LogP contribution is 2.15. The summed E-state index contributed by atoms with van der Waals surface area (Å²) in [6.45, 7) is 7.06. The Bertz CT molecular complexity index is 358. The van der Waals surface area contributed by atoms with Crippen molar-refractivity contribution in [2.24, 2.45) is 5.41 Å². The van der Waals surface area contributed by atoms with E-state index in [1.807, 2.05) is 30.3 Å². The SMILES string of the molecule is CC(C)(C)COC(COCc1ccccc1)C(O)CO. The van der Waals surface area contributed by atoms with Gasteiger partial charge in [-0.2, -0.15) is 0 Å². The maximum absolute atomic E-state index is 9.76. The molecule has 20 heavy (non-hydrogen) atoms. The van der Waals surface area contributed by atoms with Gasteiger partial charge in [-0.1, -0.05) is 51.1 Å². The molecule has 114 valence electrons. The molecule has 0 amide bonds.